The normalized spacial score (nSPS) is 11.6. The zero-order valence-corrected chi connectivity index (χ0v) is 10.3. The van der Waals surface area contributed by atoms with Crippen LogP contribution >= 0.6 is 0 Å². The molecule has 1 aromatic heterocycles. The molecule has 2 aromatic rings. The Morgan fingerprint density at radius 3 is 2.65 bits per heavy atom. The third-order valence-corrected chi connectivity index (χ3v) is 2.55. The van der Waals surface area contributed by atoms with E-state index in [0.29, 0.717) is 0 Å². The van der Waals surface area contributed by atoms with E-state index in [1.165, 1.54) is 13.0 Å². The zero-order valence-electron chi connectivity index (χ0n) is 10.3. The van der Waals surface area contributed by atoms with E-state index in [1.807, 2.05) is 0 Å². The lowest BCUT2D eigenvalue weighted by Gasteiger charge is -2.10. The van der Waals surface area contributed by atoms with E-state index in [0.717, 1.165) is 18.2 Å². The number of benzene rings is 1. The summed E-state index contributed by atoms with van der Waals surface area (Å²) in [6, 6.07) is 4.06. The van der Waals surface area contributed by atoms with Gasteiger partial charge in [0.15, 0.2) is 5.58 Å². The maximum atomic E-state index is 12.8. The second-order valence-corrected chi connectivity index (χ2v) is 3.94. The first kappa shape index (κ1) is 14.1. The fourth-order valence-electron chi connectivity index (χ4n) is 1.66. The van der Waals surface area contributed by atoms with Gasteiger partial charge in [-0.15, -0.1) is 0 Å². The summed E-state index contributed by atoms with van der Waals surface area (Å²) in [5.41, 5.74) is -2.76. The summed E-state index contributed by atoms with van der Waals surface area (Å²) in [5.74, 6) is -0.900. The minimum atomic E-state index is -4.68. The summed E-state index contributed by atoms with van der Waals surface area (Å²) in [4.78, 5) is 22.6. The minimum absolute atomic E-state index is 0.0285. The van der Waals surface area contributed by atoms with Crippen molar-refractivity contribution in [1.82, 2.24) is 0 Å². The first-order valence-corrected chi connectivity index (χ1v) is 5.67. The number of hydrogen-bond acceptors (Lipinski definition) is 4. The molecule has 0 atom stereocenters. The van der Waals surface area contributed by atoms with E-state index in [9.17, 15) is 22.8 Å². The van der Waals surface area contributed by atoms with Crippen LogP contribution in [0.15, 0.2) is 33.5 Å². The van der Waals surface area contributed by atoms with Gasteiger partial charge < -0.3 is 9.15 Å². The van der Waals surface area contributed by atoms with E-state index in [1.54, 1.807) is 0 Å². The Morgan fingerprint density at radius 2 is 2.05 bits per heavy atom. The van der Waals surface area contributed by atoms with Crippen molar-refractivity contribution in [3.63, 3.8) is 0 Å². The molecule has 2 rings (SSSR count). The molecule has 0 radical (unpaired) electrons. The summed E-state index contributed by atoms with van der Waals surface area (Å²) in [6.07, 6.45) is -4.65. The summed E-state index contributed by atoms with van der Waals surface area (Å²) < 4.78 is 48.0. The molecule has 0 aliphatic rings. The van der Waals surface area contributed by atoms with Crippen LogP contribution in [0.2, 0.25) is 0 Å². The van der Waals surface area contributed by atoms with Gasteiger partial charge in [-0.05, 0) is 12.1 Å². The number of fused-ring (bicyclic) bond motifs is 1. The molecule has 4 nitrogen and oxygen atoms in total. The molecule has 7 heteroatoms. The number of hydrogen-bond donors (Lipinski definition) is 0. The predicted octanol–water partition coefficient (Wildman–Crippen LogP) is 3.13. The van der Waals surface area contributed by atoms with Gasteiger partial charge in [-0.2, -0.15) is 13.2 Å². The van der Waals surface area contributed by atoms with Gasteiger partial charge in [-0.3, -0.25) is 4.79 Å². The lowest BCUT2D eigenvalue weighted by molar-refractivity contribution is -0.137. The maximum Gasteiger partial charge on any atom is 0.420 e. The molecule has 0 amide bonds. The first-order valence-electron chi connectivity index (χ1n) is 5.67. The lowest BCUT2D eigenvalue weighted by atomic mass is 10.1. The van der Waals surface area contributed by atoms with E-state index >= 15 is 0 Å². The van der Waals surface area contributed by atoms with Gasteiger partial charge in [-0.1, -0.05) is 13.0 Å². The summed E-state index contributed by atoms with van der Waals surface area (Å²) >= 11 is 0. The molecule has 0 bridgehead atoms. The molecule has 0 spiro atoms. The Balaban J connectivity index is 2.73. The van der Waals surface area contributed by atoms with Crippen molar-refractivity contribution in [3.05, 3.63) is 40.2 Å². The van der Waals surface area contributed by atoms with Crippen LogP contribution in [0.1, 0.15) is 18.9 Å². The highest BCUT2D eigenvalue weighted by Crippen LogP contribution is 2.36. The number of carbonyl (C=O) groups excluding carboxylic acids is 1. The van der Waals surface area contributed by atoms with Gasteiger partial charge in [0.05, 0.1) is 17.0 Å². The second-order valence-electron chi connectivity index (χ2n) is 3.94. The lowest BCUT2D eigenvalue weighted by Crippen LogP contribution is -2.11. The van der Waals surface area contributed by atoms with E-state index in [2.05, 4.69) is 4.42 Å². The number of alkyl halides is 3. The average molecular weight is 286 g/mol. The van der Waals surface area contributed by atoms with Crippen LogP contribution in [0.3, 0.4) is 0 Å². The monoisotopic (exact) mass is 286 g/mol. The second kappa shape index (κ2) is 4.99. The van der Waals surface area contributed by atoms with E-state index in [4.69, 9.17) is 4.74 Å². The largest absolute Gasteiger partial charge is 0.425 e. The Morgan fingerprint density at radius 1 is 1.35 bits per heavy atom. The topological polar surface area (TPSA) is 56.5 Å². The van der Waals surface area contributed by atoms with Crippen LogP contribution in [-0.2, 0) is 11.0 Å². The molecule has 106 valence electrons. The first-order chi connectivity index (χ1) is 9.32. The molecule has 0 aliphatic carbocycles. The molecule has 0 N–H and O–H groups in total. The molecular formula is C13H9F3O4. The molecule has 0 aliphatic heterocycles. The Labute approximate surface area is 110 Å². The van der Waals surface area contributed by atoms with Crippen molar-refractivity contribution < 1.29 is 27.1 Å². The van der Waals surface area contributed by atoms with Crippen molar-refractivity contribution in [1.29, 1.82) is 0 Å². The molecule has 1 heterocycles. The molecule has 0 fully saturated rings. The molecule has 1 aromatic carbocycles. The SMILES string of the molecule is CCC(=O)Oc1cc(=O)oc2c(C(F)(F)F)cccc12. The predicted molar refractivity (Wildman–Crippen MR) is 63.4 cm³/mol. The number of ether oxygens (including phenoxy) is 1. The van der Waals surface area contributed by atoms with Crippen LogP contribution in [-0.4, -0.2) is 5.97 Å². The number of carbonyl (C=O) groups is 1. The van der Waals surface area contributed by atoms with Gasteiger partial charge in [0.2, 0.25) is 0 Å². The van der Waals surface area contributed by atoms with Crippen LogP contribution < -0.4 is 10.4 Å². The van der Waals surface area contributed by atoms with Gasteiger partial charge in [-0.25, -0.2) is 4.79 Å². The van der Waals surface area contributed by atoms with Crippen LogP contribution in [0.4, 0.5) is 13.2 Å². The van der Waals surface area contributed by atoms with Gasteiger partial charge in [0.1, 0.15) is 5.75 Å². The van der Waals surface area contributed by atoms with Crippen molar-refractivity contribution >= 4 is 16.9 Å². The van der Waals surface area contributed by atoms with Crippen molar-refractivity contribution in [2.24, 2.45) is 0 Å². The minimum Gasteiger partial charge on any atom is -0.425 e. The van der Waals surface area contributed by atoms with E-state index < -0.39 is 28.9 Å². The molecule has 0 unspecified atom stereocenters. The number of para-hydroxylation sites is 1. The van der Waals surface area contributed by atoms with Gasteiger partial charge in [0, 0.05) is 6.42 Å². The van der Waals surface area contributed by atoms with E-state index in [-0.39, 0.29) is 17.6 Å². The zero-order chi connectivity index (χ0) is 14.9. The summed E-state index contributed by atoms with van der Waals surface area (Å²) in [5, 5.41) is -0.0822. The number of rotatable bonds is 2. The smallest absolute Gasteiger partial charge is 0.420 e. The van der Waals surface area contributed by atoms with Gasteiger partial charge in [0.25, 0.3) is 0 Å². The van der Waals surface area contributed by atoms with Crippen molar-refractivity contribution in [3.8, 4) is 5.75 Å². The summed E-state index contributed by atoms with van der Waals surface area (Å²) in [7, 11) is 0. The summed E-state index contributed by atoms with van der Waals surface area (Å²) in [6.45, 7) is 1.52. The van der Waals surface area contributed by atoms with Crippen LogP contribution in [0, 0.1) is 0 Å². The third kappa shape index (κ3) is 2.66. The highest BCUT2D eigenvalue weighted by molar-refractivity contribution is 5.88. The number of esters is 1. The van der Waals surface area contributed by atoms with Gasteiger partial charge >= 0.3 is 17.8 Å². The fraction of sp³-hybridized carbons (Fsp3) is 0.231. The average Bonchev–Trinajstić information content (AvgIpc) is 2.36. The van der Waals surface area contributed by atoms with Crippen LogP contribution in [0.5, 0.6) is 5.75 Å². The number of halogens is 3. The van der Waals surface area contributed by atoms with Crippen molar-refractivity contribution in [2.45, 2.75) is 19.5 Å². The Bertz CT molecular complexity index is 716. The molecular weight excluding hydrogens is 277 g/mol. The molecule has 0 saturated heterocycles. The van der Waals surface area contributed by atoms with Crippen molar-refractivity contribution in [2.75, 3.05) is 0 Å². The standard InChI is InChI=1S/C13H9F3O4/c1-2-10(17)19-9-6-11(18)20-12-7(9)4-3-5-8(12)13(14,15)16/h3-6H,2H2,1H3. The Kier molecular flexibility index (Phi) is 3.52. The molecule has 0 saturated carbocycles. The quantitative estimate of drug-likeness (QED) is 0.628. The Hall–Kier alpha value is -2.31. The van der Waals surface area contributed by atoms with Crippen LogP contribution in [0.25, 0.3) is 11.0 Å². The molecule has 20 heavy (non-hydrogen) atoms. The fourth-order valence-corrected chi connectivity index (χ4v) is 1.66. The maximum absolute atomic E-state index is 12.8. The highest BCUT2D eigenvalue weighted by Gasteiger charge is 2.34. The third-order valence-electron chi connectivity index (χ3n) is 2.55. The highest BCUT2D eigenvalue weighted by atomic mass is 19.4.